The van der Waals surface area contributed by atoms with Crippen molar-refractivity contribution in [1.29, 1.82) is 0 Å². The predicted octanol–water partition coefficient (Wildman–Crippen LogP) is 1.71. The van der Waals surface area contributed by atoms with Crippen LogP contribution in [0.4, 0.5) is 5.69 Å². The molecule has 0 heterocycles. The molecule has 1 amide bonds. The third kappa shape index (κ3) is 4.93. The molecule has 1 rings (SSSR count). The minimum atomic E-state index is -1.000. The molecule has 1 atom stereocenters. The van der Waals surface area contributed by atoms with E-state index in [4.69, 9.17) is 10.8 Å². The number of nitrogens with one attached hydrogen (secondary N) is 1. The number of benzene rings is 1. The molecule has 0 spiro atoms. The first-order chi connectivity index (χ1) is 8.90. The van der Waals surface area contributed by atoms with Crippen molar-refractivity contribution in [2.75, 3.05) is 5.32 Å². The van der Waals surface area contributed by atoms with Crippen LogP contribution in [0.3, 0.4) is 0 Å². The van der Waals surface area contributed by atoms with E-state index < -0.39 is 12.0 Å². The van der Waals surface area contributed by atoms with Crippen molar-refractivity contribution in [2.45, 2.75) is 19.9 Å². The van der Waals surface area contributed by atoms with Gasteiger partial charge in [0.2, 0.25) is 5.91 Å². The first-order valence-corrected chi connectivity index (χ1v) is 5.97. The first-order valence-electron chi connectivity index (χ1n) is 5.97. The van der Waals surface area contributed by atoms with Gasteiger partial charge < -0.3 is 16.2 Å². The Morgan fingerprint density at radius 3 is 2.32 bits per heavy atom. The lowest BCUT2D eigenvalue weighted by Gasteiger charge is -2.15. The Kier molecular flexibility index (Phi) is 5.26. The summed E-state index contributed by atoms with van der Waals surface area (Å²) in [5.74, 6) is -1.16. The minimum absolute atomic E-state index is 0.0674. The molecule has 0 aliphatic heterocycles. The Morgan fingerprint density at radius 1 is 1.26 bits per heavy atom. The summed E-state index contributed by atoms with van der Waals surface area (Å²) in [6.45, 7) is 3.76. The zero-order valence-electron chi connectivity index (χ0n) is 11.0. The average molecular weight is 262 g/mol. The van der Waals surface area contributed by atoms with E-state index in [0.29, 0.717) is 5.69 Å². The second-order valence-corrected chi connectivity index (χ2v) is 4.55. The van der Waals surface area contributed by atoms with Gasteiger partial charge in [-0.3, -0.25) is 4.79 Å². The molecule has 0 aliphatic rings. The van der Waals surface area contributed by atoms with Gasteiger partial charge in [0.05, 0.1) is 6.04 Å². The van der Waals surface area contributed by atoms with E-state index in [1.54, 1.807) is 24.3 Å². The van der Waals surface area contributed by atoms with Crippen LogP contribution >= 0.6 is 0 Å². The van der Waals surface area contributed by atoms with Gasteiger partial charge in [-0.15, -0.1) is 0 Å². The summed E-state index contributed by atoms with van der Waals surface area (Å²) < 4.78 is 0. The first kappa shape index (κ1) is 14.9. The molecule has 5 nitrogen and oxygen atoms in total. The van der Waals surface area contributed by atoms with Crippen LogP contribution in [0, 0.1) is 5.92 Å². The van der Waals surface area contributed by atoms with Crippen molar-refractivity contribution in [2.24, 2.45) is 11.7 Å². The van der Waals surface area contributed by atoms with Crippen LogP contribution in [-0.2, 0) is 9.59 Å². The molecule has 1 aromatic rings. The van der Waals surface area contributed by atoms with E-state index in [0.717, 1.165) is 11.6 Å². The molecule has 0 radical (unpaired) electrons. The lowest BCUT2D eigenvalue weighted by atomic mass is 10.0. The van der Waals surface area contributed by atoms with E-state index in [-0.39, 0.29) is 11.8 Å². The van der Waals surface area contributed by atoms with Gasteiger partial charge in [-0.05, 0) is 29.7 Å². The fourth-order valence-electron chi connectivity index (χ4n) is 1.37. The molecule has 4 N–H and O–H groups in total. The summed E-state index contributed by atoms with van der Waals surface area (Å²) in [7, 11) is 0. The molecule has 0 bridgehead atoms. The van der Waals surface area contributed by atoms with Crippen LogP contribution in [0.2, 0.25) is 0 Å². The number of hydrogen-bond acceptors (Lipinski definition) is 3. The highest BCUT2D eigenvalue weighted by atomic mass is 16.4. The van der Waals surface area contributed by atoms with Gasteiger partial charge in [-0.2, -0.15) is 0 Å². The number of rotatable bonds is 5. The molecule has 0 fully saturated rings. The van der Waals surface area contributed by atoms with Crippen molar-refractivity contribution in [3.05, 3.63) is 35.9 Å². The second kappa shape index (κ2) is 6.70. The summed E-state index contributed by atoms with van der Waals surface area (Å²) in [4.78, 5) is 22.1. The topological polar surface area (TPSA) is 92.4 Å². The smallest absolute Gasteiger partial charge is 0.328 e. The minimum Gasteiger partial charge on any atom is -0.478 e. The Bertz CT molecular complexity index is 478. The van der Waals surface area contributed by atoms with Crippen molar-refractivity contribution in [3.8, 4) is 0 Å². The molecule has 0 aromatic heterocycles. The molecular weight excluding hydrogens is 244 g/mol. The van der Waals surface area contributed by atoms with Gasteiger partial charge in [0.15, 0.2) is 0 Å². The molecular formula is C14H18N2O3. The number of carbonyl (C=O) groups excluding carboxylic acids is 1. The lowest BCUT2D eigenvalue weighted by molar-refractivity contribution is -0.131. The number of hydrogen-bond donors (Lipinski definition) is 3. The summed E-state index contributed by atoms with van der Waals surface area (Å²) >= 11 is 0. The third-order valence-electron chi connectivity index (χ3n) is 2.62. The van der Waals surface area contributed by atoms with E-state index in [9.17, 15) is 9.59 Å². The summed E-state index contributed by atoms with van der Waals surface area (Å²) in [5, 5.41) is 11.2. The maximum atomic E-state index is 11.7. The molecule has 0 saturated heterocycles. The number of amides is 1. The Labute approximate surface area is 112 Å². The normalized spacial score (nSPS) is 12.6. The van der Waals surface area contributed by atoms with Crippen LogP contribution < -0.4 is 11.1 Å². The number of carbonyl (C=O) groups is 2. The van der Waals surface area contributed by atoms with Crippen molar-refractivity contribution >= 4 is 23.6 Å². The highest BCUT2D eigenvalue weighted by Gasteiger charge is 2.16. The fraction of sp³-hybridized carbons (Fsp3) is 0.286. The number of carboxylic acids is 1. The van der Waals surface area contributed by atoms with Gasteiger partial charge in [-0.25, -0.2) is 4.79 Å². The molecule has 0 aliphatic carbocycles. The molecule has 1 aromatic carbocycles. The third-order valence-corrected chi connectivity index (χ3v) is 2.62. The van der Waals surface area contributed by atoms with Crippen molar-refractivity contribution in [1.82, 2.24) is 0 Å². The van der Waals surface area contributed by atoms with Crippen molar-refractivity contribution < 1.29 is 14.7 Å². The summed E-state index contributed by atoms with van der Waals surface area (Å²) in [6.07, 6.45) is 2.54. The second-order valence-electron chi connectivity index (χ2n) is 4.55. The van der Waals surface area contributed by atoms with E-state index in [1.165, 1.54) is 6.08 Å². The SMILES string of the molecule is CC(C)[C@@H](N)C(=O)Nc1ccc(/C=C/C(=O)O)cc1. The summed E-state index contributed by atoms with van der Waals surface area (Å²) in [5.41, 5.74) is 7.11. The molecule has 102 valence electrons. The predicted molar refractivity (Wildman–Crippen MR) is 74.6 cm³/mol. The molecule has 19 heavy (non-hydrogen) atoms. The average Bonchev–Trinajstić information content (AvgIpc) is 2.36. The van der Waals surface area contributed by atoms with Gasteiger partial charge in [0.25, 0.3) is 0 Å². The van der Waals surface area contributed by atoms with Crippen LogP contribution in [0.15, 0.2) is 30.3 Å². The Balaban J connectivity index is 2.67. The van der Waals surface area contributed by atoms with E-state index in [1.807, 2.05) is 13.8 Å². The molecule has 0 saturated carbocycles. The zero-order valence-corrected chi connectivity index (χ0v) is 11.0. The quantitative estimate of drug-likeness (QED) is 0.704. The van der Waals surface area contributed by atoms with Gasteiger partial charge >= 0.3 is 5.97 Å². The van der Waals surface area contributed by atoms with Crippen molar-refractivity contribution in [3.63, 3.8) is 0 Å². The van der Waals surface area contributed by atoms with Crippen LogP contribution in [0.25, 0.3) is 6.08 Å². The molecule has 5 heteroatoms. The van der Waals surface area contributed by atoms with Crippen LogP contribution in [0.1, 0.15) is 19.4 Å². The van der Waals surface area contributed by atoms with Crippen LogP contribution in [-0.4, -0.2) is 23.0 Å². The molecule has 0 unspecified atom stereocenters. The maximum absolute atomic E-state index is 11.7. The Hall–Kier alpha value is -2.14. The highest BCUT2D eigenvalue weighted by Crippen LogP contribution is 2.12. The summed E-state index contributed by atoms with van der Waals surface area (Å²) in [6, 6.07) is 6.29. The van der Waals surface area contributed by atoms with Crippen LogP contribution in [0.5, 0.6) is 0 Å². The highest BCUT2D eigenvalue weighted by molar-refractivity contribution is 5.95. The van der Waals surface area contributed by atoms with Gasteiger partial charge in [-0.1, -0.05) is 26.0 Å². The number of nitrogens with two attached hydrogens (primary N) is 1. The zero-order chi connectivity index (χ0) is 14.4. The monoisotopic (exact) mass is 262 g/mol. The number of aliphatic carboxylic acids is 1. The van der Waals surface area contributed by atoms with Gasteiger partial charge in [0, 0.05) is 11.8 Å². The lowest BCUT2D eigenvalue weighted by Crippen LogP contribution is -2.39. The number of carboxylic acid groups (broad SMARTS) is 1. The largest absolute Gasteiger partial charge is 0.478 e. The fourth-order valence-corrected chi connectivity index (χ4v) is 1.37. The number of anilines is 1. The van der Waals surface area contributed by atoms with Gasteiger partial charge in [0.1, 0.15) is 0 Å². The van der Waals surface area contributed by atoms with E-state index >= 15 is 0 Å². The Morgan fingerprint density at radius 2 is 1.84 bits per heavy atom. The standard InChI is InChI=1S/C14H18N2O3/c1-9(2)13(15)14(19)16-11-6-3-10(4-7-11)5-8-12(17)18/h3-9,13H,15H2,1-2H3,(H,16,19)(H,17,18)/b8-5+/t13-/m1/s1. The van der Waals surface area contributed by atoms with E-state index in [2.05, 4.69) is 5.32 Å². The maximum Gasteiger partial charge on any atom is 0.328 e.